The van der Waals surface area contributed by atoms with Gasteiger partial charge in [0.25, 0.3) is 0 Å². The molecule has 1 amide bonds. The Balaban J connectivity index is 2.39. The average Bonchev–Trinajstić information content (AvgIpc) is 2.41. The lowest BCUT2D eigenvalue weighted by molar-refractivity contribution is -0.137. The Morgan fingerprint density at radius 2 is 2.14 bits per heavy atom. The number of carbonyl (C=O) groups is 1. The quantitative estimate of drug-likeness (QED) is 0.888. The van der Waals surface area contributed by atoms with E-state index in [0.717, 1.165) is 6.07 Å². The fraction of sp³-hybridized carbons (Fsp3) is 0.500. The SMILES string of the molecule is CCNC1CCCN(c2ccc(Br)cc2C(F)(F)F)C1=O. The third-order valence-corrected chi connectivity index (χ3v) is 3.94. The molecule has 0 aliphatic carbocycles. The Kier molecular flexibility index (Phi) is 4.93. The molecule has 1 saturated heterocycles. The molecule has 7 heteroatoms. The number of alkyl halides is 3. The molecule has 1 N–H and O–H groups in total. The zero-order chi connectivity index (χ0) is 15.6. The number of hydrogen-bond acceptors (Lipinski definition) is 2. The van der Waals surface area contributed by atoms with Gasteiger partial charge in [-0.15, -0.1) is 0 Å². The van der Waals surface area contributed by atoms with Gasteiger partial charge in [-0.25, -0.2) is 0 Å². The Morgan fingerprint density at radius 1 is 1.43 bits per heavy atom. The number of amides is 1. The third-order valence-electron chi connectivity index (χ3n) is 3.44. The van der Waals surface area contributed by atoms with E-state index in [1.54, 1.807) is 0 Å². The molecule has 3 nitrogen and oxygen atoms in total. The minimum Gasteiger partial charge on any atom is -0.310 e. The molecular formula is C14H16BrF3N2O. The predicted octanol–water partition coefficient (Wildman–Crippen LogP) is 3.57. The normalized spacial score (nSPS) is 20.0. The van der Waals surface area contributed by atoms with Gasteiger partial charge in [0, 0.05) is 11.0 Å². The van der Waals surface area contributed by atoms with E-state index in [2.05, 4.69) is 21.2 Å². The van der Waals surface area contributed by atoms with Crippen molar-refractivity contribution in [3.63, 3.8) is 0 Å². The van der Waals surface area contributed by atoms with E-state index in [1.807, 2.05) is 6.92 Å². The number of benzene rings is 1. The van der Waals surface area contributed by atoms with Crippen molar-refractivity contribution in [2.24, 2.45) is 0 Å². The van der Waals surface area contributed by atoms with Crippen molar-refractivity contribution in [1.82, 2.24) is 5.32 Å². The molecule has 1 aliphatic heterocycles. The second kappa shape index (κ2) is 6.36. The Bertz CT molecular complexity index is 531. The lowest BCUT2D eigenvalue weighted by Crippen LogP contribution is -2.51. The van der Waals surface area contributed by atoms with Crippen LogP contribution in [0.25, 0.3) is 0 Å². The maximum Gasteiger partial charge on any atom is 0.418 e. The topological polar surface area (TPSA) is 32.3 Å². The second-order valence-electron chi connectivity index (χ2n) is 4.90. The highest BCUT2D eigenvalue weighted by Gasteiger charge is 2.38. The number of rotatable bonds is 3. The first kappa shape index (κ1) is 16.3. The molecule has 1 fully saturated rings. The van der Waals surface area contributed by atoms with Gasteiger partial charge >= 0.3 is 6.18 Å². The average molecular weight is 365 g/mol. The summed E-state index contributed by atoms with van der Waals surface area (Å²) in [6.07, 6.45) is -3.16. The lowest BCUT2D eigenvalue weighted by atomic mass is 10.0. The summed E-state index contributed by atoms with van der Waals surface area (Å²) in [5, 5.41) is 3.02. The molecule has 0 saturated carbocycles. The van der Waals surface area contributed by atoms with E-state index in [9.17, 15) is 18.0 Å². The van der Waals surface area contributed by atoms with E-state index in [4.69, 9.17) is 0 Å². The van der Waals surface area contributed by atoms with Gasteiger partial charge in [-0.3, -0.25) is 4.79 Å². The van der Waals surface area contributed by atoms with Crippen molar-refractivity contribution in [2.75, 3.05) is 18.0 Å². The van der Waals surface area contributed by atoms with Crippen LogP contribution >= 0.6 is 15.9 Å². The Hall–Kier alpha value is -1.08. The predicted molar refractivity (Wildman–Crippen MR) is 78.2 cm³/mol. The van der Waals surface area contributed by atoms with Crippen LogP contribution in [0.5, 0.6) is 0 Å². The number of piperidine rings is 1. The molecule has 21 heavy (non-hydrogen) atoms. The minimum absolute atomic E-state index is 0.0710. The van der Waals surface area contributed by atoms with Crippen LogP contribution < -0.4 is 10.2 Å². The van der Waals surface area contributed by atoms with Gasteiger partial charge in [-0.2, -0.15) is 13.2 Å². The van der Waals surface area contributed by atoms with E-state index in [-0.39, 0.29) is 11.6 Å². The molecule has 1 atom stereocenters. The van der Waals surface area contributed by atoms with Crippen molar-refractivity contribution >= 4 is 27.5 Å². The largest absolute Gasteiger partial charge is 0.418 e. The number of anilines is 1. The number of nitrogens with one attached hydrogen (secondary N) is 1. The van der Waals surface area contributed by atoms with Gasteiger partial charge in [0.1, 0.15) is 0 Å². The number of likely N-dealkylation sites (N-methyl/N-ethyl adjacent to an activating group) is 1. The molecule has 0 radical (unpaired) electrons. The van der Waals surface area contributed by atoms with Crippen molar-refractivity contribution < 1.29 is 18.0 Å². The molecule has 1 aromatic rings. The Morgan fingerprint density at radius 3 is 2.76 bits per heavy atom. The van der Waals surface area contributed by atoms with Crippen molar-refractivity contribution in [3.8, 4) is 0 Å². The summed E-state index contributed by atoms with van der Waals surface area (Å²) in [5.41, 5.74) is -0.860. The molecule has 0 spiro atoms. The van der Waals surface area contributed by atoms with Gasteiger partial charge in [-0.1, -0.05) is 22.9 Å². The summed E-state index contributed by atoms with van der Waals surface area (Å²) in [6.45, 7) is 2.79. The highest BCUT2D eigenvalue weighted by molar-refractivity contribution is 9.10. The first-order valence-electron chi connectivity index (χ1n) is 6.76. The van der Waals surface area contributed by atoms with E-state index >= 15 is 0 Å². The van der Waals surface area contributed by atoms with Crippen LogP contribution in [0.1, 0.15) is 25.3 Å². The van der Waals surface area contributed by atoms with Gasteiger partial charge in [-0.05, 0) is 37.6 Å². The monoisotopic (exact) mass is 364 g/mol. The zero-order valence-electron chi connectivity index (χ0n) is 11.5. The van der Waals surface area contributed by atoms with Crippen molar-refractivity contribution in [1.29, 1.82) is 0 Å². The van der Waals surface area contributed by atoms with Gasteiger partial charge in [0.05, 0.1) is 17.3 Å². The summed E-state index contributed by atoms with van der Waals surface area (Å²) in [5.74, 6) is -0.295. The van der Waals surface area contributed by atoms with E-state index in [0.29, 0.717) is 30.4 Å². The van der Waals surface area contributed by atoms with Gasteiger partial charge < -0.3 is 10.2 Å². The molecule has 1 heterocycles. The molecule has 1 aliphatic rings. The Labute approximate surface area is 129 Å². The van der Waals surface area contributed by atoms with Crippen LogP contribution in [0.2, 0.25) is 0 Å². The number of hydrogen-bond donors (Lipinski definition) is 1. The van der Waals surface area contributed by atoms with Gasteiger partial charge in [0.2, 0.25) is 5.91 Å². The maximum absolute atomic E-state index is 13.2. The standard InChI is InChI=1S/C14H16BrF3N2O/c1-2-19-11-4-3-7-20(13(11)21)12-6-5-9(15)8-10(12)14(16,17)18/h5-6,8,11,19H,2-4,7H2,1H3. The molecule has 0 bridgehead atoms. The van der Waals surface area contributed by atoms with Crippen LogP contribution in [-0.2, 0) is 11.0 Å². The first-order valence-corrected chi connectivity index (χ1v) is 7.55. The summed E-state index contributed by atoms with van der Waals surface area (Å²) in [6, 6.07) is 3.47. The highest BCUT2D eigenvalue weighted by Crippen LogP contribution is 2.39. The van der Waals surface area contributed by atoms with Crippen LogP contribution in [0.3, 0.4) is 0 Å². The second-order valence-corrected chi connectivity index (χ2v) is 5.82. The summed E-state index contributed by atoms with van der Waals surface area (Å²) in [7, 11) is 0. The summed E-state index contributed by atoms with van der Waals surface area (Å²) >= 11 is 3.05. The number of nitrogens with zero attached hydrogens (tertiary/aromatic N) is 1. The fourth-order valence-electron chi connectivity index (χ4n) is 2.52. The smallest absolute Gasteiger partial charge is 0.310 e. The van der Waals surface area contributed by atoms with Crippen molar-refractivity contribution in [3.05, 3.63) is 28.2 Å². The van der Waals surface area contributed by atoms with Crippen LogP contribution in [0.15, 0.2) is 22.7 Å². The maximum atomic E-state index is 13.2. The van der Waals surface area contributed by atoms with Crippen LogP contribution in [0.4, 0.5) is 18.9 Å². The number of halogens is 4. The van der Waals surface area contributed by atoms with Crippen LogP contribution in [0, 0.1) is 0 Å². The van der Waals surface area contributed by atoms with Crippen LogP contribution in [-0.4, -0.2) is 25.0 Å². The van der Waals surface area contributed by atoms with Crippen molar-refractivity contribution in [2.45, 2.75) is 32.0 Å². The minimum atomic E-state index is -4.50. The third kappa shape index (κ3) is 3.58. The molecule has 0 aromatic heterocycles. The molecule has 116 valence electrons. The summed E-state index contributed by atoms with van der Waals surface area (Å²) < 4.78 is 39.9. The molecular weight excluding hydrogens is 349 g/mol. The van der Waals surface area contributed by atoms with E-state index < -0.39 is 17.8 Å². The summed E-state index contributed by atoms with van der Waals surface area (Å²) in [4.78, 5) is 13.6. The molecule has 2 rings (SSSR count). The highest BCUT2D eigenvalue weighted by atomic mass is 79.9. The lowest BCUT2D eigenvalue weighted by Gasteiger charge is -2.34. The fourth-order valence-corrected chi connectivity index (χ4v) is 2.88. The first-order chi connectivity index (χ1) is 9.84. The van der Waals surface area contributed by atoms with Gasteiger partial charge in [0.15, 0.2) is 0 Å². The zero-order valence-corrected chi connectivity index (χ0v) is 13.1. The molecule has 1 unspecified atom stereocenters. The number of carbonyl (C=O) groups excluding carboxylic acids is 1. The van der Waals surface area contributed by atoms with E-state index in [1.165, 1.54) is 17.0 Å². The molecule has 1 aromatic carbocycles.